The number of rotatable bonds is 3. The fourth-order valence-corrected chi connectivity index (χ4v) is 3.47. The smallest absolute Gasteiger partial charge is 0.264 e. The molecule has 4 rings (SSSR count). The molecule has 2 heterocycles. The van der Waals surface area contributed by atoms with Crippen LogP contribution in [0.5, 0.6) is 0 Å². The first kappa shape index (κ1) is 15.3. The normalized spacial score (nSPS) is 15.6. The van der Waals surface area contributed by atoms with E-state index in [-0.39, 0.29) is 23.1 Å². The van der Waals surface area contributed by atoms with Gasteiger partial charge in [-0.05, 0) is 48.2 Å². The minimum atomic E-state index is -0.377. The molecule has 0 aliphatic heterocycles. The molecule has 25 heavy (non-hydrogen) atoms. The lowest BCUT2D eigenvalue weighted by molar-refractivity contribution is 0.0974. The first-order valence-corrected chi connectivity index (χ1v) is 8.25. The number of anilines is 1. The first-order chi connectivity index (χ1) is 12.3. The fraction of sp³-hybridized carbons (Fsp3) is 0.150. The van der Waals surface area contributed by atoms with Crippen molar-refractivity contribution in [1.82, 2.24) is 9.97 Å². The van der Waals surface area contributed by atoms with Crippen molar-refractivity contribution in [3.63, 3.8) is 0 Å². The van der Waals surface area contributed by atoms with Gasteiger partial charge in [0.05, 0.1) is 6.04 Å². The predicted octanol–water partition coefficient (Wildman–Crippen LogP) is 3.10. The summed E-state index contributed by atoms with van der Waals surface area (Å²) in [5.41, 5.74) is 2.90. The van der Waals surface area contributed by atoms with Crippen molar-refractivity contribution in [2.24, 2.45) is 0 Å². The molecule has 1 aliphatic rings. The van der Waals surface area contributed by atoms with Crippen molar-refractivity contribution in [2.45, 2.75) is 18.9 Å². The summed E-state index contributed by atoms with van der Waals surface area (Å²) in [6.45, 7) is 0. The van der Waals surface area contributed by atoms with Gasteiger partial charge in [-0.2, -0.15) is 0 Å². The van der Waals surface area contributed by atoms with E-state index in [1.165, 1.54) is 11.8 Å². The standard InChI is InChI=1S/C20H17N3O2/c24-19-17(6-3-11-22-19)20(25)23(15-9-12-21-13-10-15)18-8-7-14-4-1-2-5-16(14)18/h1-6,9-13,18H,7-8H2,(H,22,24)/t18-/m0/s1. The summed E-state index contributed by atoms with van der Waals surface area (Å²) in [7, 11) is 0. The second-order valence-corrected chi connectivity index (χ2v) is 6.05. The van der Waals surface area contributed by atoms with E-state index in [2.05, 4.69) is 22.1 Å². The molecular weight excluding hydrogens is 314 g/mol. The Hall–Kier alpha value is -3.21. The summed E-state index contributed by atoms with van der Waals surface area (Å²) in [5, 5.41) is 0. The zero-order valence-corrected chi connectivity index (χ0v) is 13.6. The molecule has 0 radical (unpaired) electrons. The average Bonchev–Trinajstić information content (AvgIpc) is 3.07. The Morgan fingerprint density at radius 3 is 2.68 bits per heavy atom. The summed E-state index contributed by atoms with van der Waals surface area (Å²) in [6, 6.07) is 14.9. The number of pyridine rings is 2. The molecular formula is C20H17N3O2. The lowest BCUT2D eigenvalue weighted by Crippen LogP contribution is -2.37. The van der Waals surface area contributed by atoms with Gasteiger partial charge in [0, 0.05) is 24.3 Å². The van der Waals surface area contributed by atoms with Crippen molar-refractivity contribution in [3.8, 4) is 0 Å². The maximum absolute atomic E-state index is 13.2. The topological polar surface area (TPSA) is 66.1 Å². The predicted molar refractivity (Wildman–Crippen MR) is 95.6 cm³/mol. The van der Waals surface area contributed by atoms with Crippen molar-refractivity contribution in [3.05, 3.63) is 94.2 Å². The van der Waals surface area contributed by atoms with Crippen molar-refractivity contribution in [1.29, 1.82) is 0 Å². The SMILES string of the molecule is O=C(c1ccc[nH]c1=O)N(c1ccncc1)[C@H]1CCc2ccccc21. The number of hydrogen-bond acceptors (Lipinski definition) is 3. The van der Waals surface area contributed by atoms with Crippen LogP contribution in [0.4, 0.5) is 5.69 Å². The van der Waals surface area contributed by atoms with Crippen molar-refractivity contribution in [2.75, 3.05) is 4.90 Å². The van der Waals surface area contributed by atoms with E-state index < -0.39 is 0 Å². The van der Waals surface area contributed by atoms with Gasteiger partial charge in [0.1, 0.15) is 5.56 Å². The van der Waals surface area contributed by atoms with Gasteiger partial charge < -0.3 is 9.88 Å². The Bertz CT molecular complexity index is 966. The van der Waals surface area contributed by atoms with Crippen molar-refractivity contribution < 1.29 is 4.79 Å². The Balaban J connectivity index is 1.83. The number of nitrogens with zero attached hydrogens (tertiary/aromatic N) is 2. The lowest BCUT2D eigenvalue weighted by Gasteiger charge is -2.29. The molecule has 0 spiro atoms. The van der Waals surface area contributed by atoms with Gasteiger partial charge in [-0.1, -0.05) is 24.3 Å². The van der Waals surface area contributed by atoms with Gasteiger partial charge in [-0.15, -0.1) is 0 Å². The number of carbonyl (C=O) groups is 1. The van der Waals surface area contributed by atoms with Gasteiger partial charge in [-0.3, -0.25) is 14.6 Å². The molecule has 0 saturated carbocycles. The lowest BCUT2D eigenvalue weighted by atomic mass is 10.0. The Morgan fingerprint density at radius 2 is 1.88 bits per heavy atom. The minimum absolute atomic E-state index is 0.0919. The largest absolute Gasteiger partial charge is 0.328 e. The third-order valence-electron chi connectivity index (χ3n) is 4.62. The summed E-state index contributed by atoms with van der Waals surface area (Å²) < 4.78 is 0. The van der Waals surface area contributed by atoms with Crippen LogP contribution in [-0.2, 0) is 6.42 Å². The third-order valence-corrected chi connectivity index (χ3v) is 4.62. The molecule has 0 bridgehead atoms. The molecule has 3 aromatic rings. The third kappa shape index (κ3) is 2.74. The second-order valence-electron chi connectivity index (χ2n) is 6.05. The van der Waals surface area contributed by atoms with Crippen LogP contribution >= 0.6 is 0 Å². The Kier molecular flexibility index (Phi) is 3.90. The quantitative estimate of drug-likeness (QED) is 0.802. The van der Waals surface area contributed by atoms with Crippen LogP contribution in [0, 0.1) is 0 Å². The minimum Gasteiger partial charge on any atom is -0.328 e. The Labute approximate surface area is 145 Å². The molecule has 0 fully saturated rings. The van der Waals surface area contributed by atoms with Gasteiger partial charge in [0.25, 0.3) is 11.5 Å². The van der Waals surface area contributed by atoms with E-state index >= 15 is 0 Å². The number of aryl methyl sites for hydroxylation is 1. The molecule has 124 valence electrons. The highest BCUT2D eigenvalue weighted by Gasteiger charge is 2.33. The first-order valence-electron chi connectivity index (χ1n) is 8.25. The van der Waals surface area contributed by atoms with Crippen LogP contribution in [0.15, 0.2) is 71.9 Å². The fourth-order valence-electron chi connectivity index (χ4n) is 3.47. The van der Waals surface area contributed by atoms with E-state index in [1.807, 2.05) is 12.1 Å². The number of benzene rings is 1. The number of aromatic amines is 1. The molecule has 1 N–H and O–H groups in total. The summed E-state index contributed by atoms with van der Waals surface area (Å²) >= 11 is 0. The summed E-state index contributed by atoms with van der Waals surface area (Å²) in [5.74, 6) is -0.297. The number of carbonyl (C=O) groups excluding carboxylic acids is 1. The molecule has 1 amide bonds. The molecule has 1 atom stereocenters. The summed E-state index contributed by atoms with van der Waals surface area (Å²) in [4.78, 5) is 33.7. The molecule has 2 aromatic heterocycles. The molecule has 5 nitrogen and oxygen atoms in total. The van der Waals surface area contributed by atoms with E-state index in [1.54, 1.807) is 41.6 Å². The van der Waals surface area contributed by atoms with Crippen LogP contribution < -0.4 is 10.5 Å². The molecule has 0 unspecified atom stereocenters. The zero-order chi connectivity index (χ0) is 17.2. The highest BCUT2D eigenvalue weighted by Crippen LogP contribution is 2.38. The number of amides is 1. The van der Waals surface area contributed by atoms with Crippen molar-refractivity contribution >= 4 is 11.6 Å². The van der Waals surface area contributed by atoms with E-state index in [9.17, 15) is 9.59 Å². The number of fused-ring (bicyclic) bond motifs is 1. The maximum Gasteiger partial charge on any atom is 0.264 e. The van der Waals surface area contributed by atoms with Gasteiger partial charge in [-0.25, -0.2) is 0 Å². The molecule has 5 heteroatoms. The monoisotopic (exact) mass is 331 g/mol. The number of H-pyrrole nitrogens is 1. The molecule has 1 aromatic carbocycles. The summed E-state index contributed by atoms with van der Waals surface area (Å²) in [6.07, 6.45) is 6.59. The van der Waals surface area contributed by atoms with Crippen LogP contribution in [0.1, 0.15) is 33.9 Å². The highest BCUT2D eigenvalue weighted by molar-refractivity contribution is 6.06. The van der Waals surface area contributed by atoms with Gasteiger partial charge >= 0.3 is 0 Å². The Morgan fingerprint density at radius 1 is 1.08 bits per heavy atom. The number of aromatic nitrogens is 2. The molecule has 1 aliphatic carbocycles. The number of hydrogen-bond donors (Lipinski definition) is 1. The van der Waals surface area contributed by atoms with E-state index in [0.717, 1.165) is 24.1 Å². The zero-order valence-electron chi connectivity index (χ0n) is 13.6. The average molecular weight is 331 g/mol. The number of nitrogens with one attached hydrogen (secondary N) is 1. The van der Waals surface area contributed by atoms with E-state index in [0.29, 0.717) is 0 Å². The highest BCUT2D eigenvalue weighted by atomic mass is 16.2. The van der Waals surface area contributed by atoms with Crippen LogP contribution in [0.3, 0.4) is 0 Å². The van der Waals surface area contributed by atoms with Crippen LogP contribution in [0.25, 0.3) is 0 Å². The van der Waals surface area contributed by atoms with Crippen LogP contribution in [0.2, 0.25) is 0 Å². The van der Waals surface area contributed by atoms with E-state index in [4.69, 9.17) is 0 Å². The second kappa shape index (κ2) is 6.36. The van der Waals surface area contributed by atoms with Gasteiger partial charge in [0.2, 0.25) is 0 Å². The van der Waals surface area contributed by atoms with Gasteiger partial charge in [0.15, 0.2) is 0 Å². The van der Waals surface area contributed by atoms with Crippen LogP contribution in [-0.4, -0.2) is 15.9 Å². The molecule has 0 saturated heterocycles. The maximum atomic E-state index is 13.2.